The fraction of sp³-hybridized carbons (Fsp3) is 0.786. The molecule has 0 N–H and O–H groups in total. The summed E-state index contributed by atoms with van der Waals surface area (Å²) >= 11 is 0. The molecule has 0 spiro atoms. The van der Waals surface area contributed by atoms with E-state index in [1.165, 1.54) is 17.8 Å². The lowest BCUT2D eigenvalue weighted by Crippen LogP contribution is -2.21. The summed E-state index contributed by atoms with van der Waals surface area (Å²) < 4.78 is 7.65. The van der Waals surface area contributed by atoms with E-state index < -0.39 is 0 Å². The highest BCUT2D eigenvalue weighted by Gasteiger charge is 2.23. The Morgan fingerprint density at radius 1 is 1.47 bits per heavy atom. The molecule has 1 unspecified atom stereocenters. The topological polar surface area (TPSA) is 27.1 Å². The van der Waals surface area contributed by atoms with Crippen molar-refractivity contribution >= 4 is 0 Å². The van der Waals surface area contributed by atoms with Gasteiger partial charge in [0.25, 0.3) is 0 Å². The van der Waals surface area contributed by atoms with Crippen LogP contribution < -0.4 is 0 Å². The van der Waals surface area contributed by atoms with Crippen molar-refractivity contribution in [3.63, 3.8) is 0 Å². The van der Waals surface area contributed by atoms with Crippen LogP contribution in [0.1, 0.15) is 45.5 Å². The number of ether oxygens (including phenoxy) is 1. The van der Waals surface area contributed by atoms with E-state index in [2.05, 4.69) is 38.4 Å². The van der Waals surface area contributed by atoms with Crippen LogP contribution in [0.2, 0.25) is 0 Å². The maximum absolute atomic E-state index is 5.45. The molecule has 1 saturated heterocycles. The third-order valence-corrected chi connectivity index (χ3v) is 3.42. The van der Waals surface area contributed by atoms with Crippen LogP contribution in [0.15, 0.2) is 6.07 Å². The first kappa shape index (κ1) is 12.6. The second-order valence-corrected chi connectivity index (χ2v) is 6.04. The minimum atomic E-state index is 0.167. The van der Waals surface area contributed by atoms with Gasteiger partial charge in [-0.2, -0.15) is 5.10 Å². The van der Waals surface area contributed by atoms with Gasteiger partial charge < -0.3 is 4.74 Å². The van der Waals surface area contributed by atoms with Crippen molar-refractivity contribution in [2.24, 2.45) is 5.92 Å². The summed E-state index contributed by atoms with van der Waals surface area (Å²) in [6.45, 7) is 11.7. The molecule has 2 heterocycles. The molecule has 0 aliphatic carbocycles. The van der Waals surface area contributed by atoms with Crippen molar-refractivity contribution in [2.75, 3.05) is 13.2 Å². The van der Waals surface area contributed by atoms with E-state index in [1.54, 1.807) is 0 Å². The SMILES string of the molecule is CCc1cc(C(C)(C)C)n(CC2CCOC2)n1. The zero-order valence-corrected chi connectivity index (χ0v) is 11.5. The number of nitrogens with zero attached hydrogens (tertiary/aromatic N) is 2. The Balaban J connectivity index is 2.21. The summed E-state index contributed by atoms with van der Waals surface area (Å²) in [5.41, 5.74) is 2.72. The first-order chi connectivity index (χ1) is 8.00. The first-order valence-corrected chi connectivity index (χ1v) is 6.65. The Kier molecular flexibility index (Phi) is 3.57. The highest BCUT2D eigenvalue weighted by atomic mass is 16.5. The van der Waals surface area contributed by atoms with Crippen LogP contribution in [0.3, 0.4) is 0 Å². The Morgan fingerprint density at radius 2 is 2.24 bits per heavy atom. The largest absolute Gasteiger partial charge is 0.381 e. The normalized spacial score (nSPS) is 21.1. The predicted octanol–water partition coefficient (Wildman–Crippen LogP) is 2.78. The van der Waals surface area contributed by atoms with Crippen LogP contribution in [0, 0.1) is 5.92 Å². The molecular weight excluding hydrogens is 212 g/mol. The maximum Gasteiger partial charge on any atom is 0.0625 e. The third-order valence-electron chi connectivity index (χ3n) is 3.42. The summed E-state index contributed by atoms with van der Waals surface area (Å²) in [4.78, 5) is 0. The molecule has 3 heteroatoms. The lowest BCUT2D eigenvalue weighted by Gasteiger charge is -2.21. The Bertz CT molecular complexity index is 370. The van der Waals surface area contributed by atoms with E-state index in [0.29, 0.717) is 5.92 Å². The quantitative estimate of drug-likeness (QED) is 0.807. The average molecular weight is 236 g/mol. The third kappa shape index (κ3) is 2.89. The van der Waals surface area contributed by atoms with Gasteiger partial charge in [0.2, 0.25) is 0 Å². The molecule has 0 aromatic carbocycles. The monoisotopic (exact) mass is 236 g/mol. The fourth-order valence-corrected chi connectivity index (χ4v) is 2.36. The molecule has 2 rings (SSSR count). The number of rotatable bonds is 3. The number of aryl methyl sites for hydroxylation is 1. The Hall–Kier alpha value is -0.830. The molecule has 17 heavy (non-hydrogen) atoms. The molecule has 1 aliphatic heterocycles. The van der Waals surface area contributed by atoms with Crippen LogP contribution in [0.25, 0.3) is 0 Å². The van der Waals surface area contributed by atoms with Gasteiger partial charge in [0.15, 0.2) is 0 Å². The fourth-order valence-electron chi connectivity index (χ4n) is 2.36. The Morgan fingerprint density at radius 3 is 2.76 bits per heavy atom. The number of hydrogen-bond donors (Lipinski definition) is 0. The lowest BCUT2D eigenvalue weighted by atomic mass is 9.91. The lowest BCUT2D eigenvalue weighted by molar-refractivity contribution is 0.181. The van der Waals surface area contributed by atoms with Crippen molar-refractivity contribution in [1.82, 2.24) is 9.78 Å². The Labute approximate surface area is 104 Å². The van der Waals surface area contributed by atoms with E-state index >= 15 is 0 Å². The van der Waals surface area contributed by atoms with Gasteiger partial charge in [0.05, 0.1) is 12.3 Å². The van der Waals surface area contributed by atoms with Crippen LogP contribution in [0.5, 0.6) is 0 Å². The highest BCUT2D eigenvalue weighted by molar-refractivity contribution is 5.18. The summed E-state index contributed by atoms with van der Waals surface area (Å²) in [5.74, 6) is 0.640. The molecule has 96 valence electrons. The van der Waals surface area contributed by atoms with Gasteiger partial charge in [0, 0.05) is 30.2 Å². The average Bonchev–Trinajstić information content (AvgIpc) is 2.86. The van der Waals surface area contributed by atoms with Crippen molar-refractivity contribution in [1.29, 1.82) is 0 Å². The van der Waals surface area contributed by atoms with Gasteiger partial charge in [-0.3, -0.25) is 4.68 Å². The predicted molar refractivity (Wildman–Crippen MR) is 69.2 cm³/mol. The summed E-state index contributed by atoms with van der Waals surface area (Å²) in [6.07, 6.45) is 2.18. The first-order valence-electron chi connectivity index (χ1n) is 6.65. The molecule has 0 saturated carbocycles. The van der Waals surface area contributed by atoms with Crippen molar-refractivity contribution in [3.05, 3.63) is 17.5 Å². The molecule has 1 aromatic heterocycles. The molecule has 1 fully saturated rings. The van der Waals surface area contributed by atoms with Crippen LogP contribution in [0.4, 0.5) is 0 Å². The number of aromatic nitrogens is 2. The molecule has 1 aromatic rings. The highest BCUT2D eigenvalue weighted by Crippen LogP contribution is 2.25. The van der Waals surface area contributed by atoms with Gasteiger partial charge in [-0.05, 0) is 18.9 Å². The number of hydrogen-bond acceptors (Lipinski definition) is 2. The van der Waals surface area contributed by atoms with Gasteiger partial charge in [-0.25, -0.2) is 0 Å². The van der Waals surface area contributed by atoms with E-state index in [4.69, 9.17) is 9.84 Å². The van der Waals surface area contributed by atoms with Crippen LogP contribution >= 0.6 is 0 Å². The standard InChI is InChI=1S/C14H24N2O/c1-5-12-8-13(14(2,3)4)16(15-12)9-11-6-7-17-10-11/h8,11H,5-7,9-10H2,1-4H3. The minimum Gasteiger partial charge on any atom is -0.381 e. The van der Waals surface area contributed by atoms with E-state index in [-0.39, 0.29) is 5.41 Å². The van der Waals surface area contributed by atoms with E-state index in [9.17, 15) is 0 Å². The van der Waals surface area contributed by atoms with Gasteiger partial charge in [0.1, 0.15) is 0 Å². The molecule has 3 nitrogen and oxygen atoms in total. The molecule has 0 radical (unpaired) electrons. The molecule has 0 amide bonds. The van der Waals surface area contributed by atoms with Crippen LogP contribution in [-0.2, 0) is 23.1 Å². The zero-order valence-electron chi connectivity index (χ0n) is 11.5. The summed E-state index contributed by atoms with van der Waals surface area (Å²) in [5, 5.41) is 4.72. The second kappa shape index (κ2) is 4.81. The molecule has 1 atom stereocenters. The maximum atomic E-state index is 5.45. The molecule has 1 aliphatic rings. The molecule has 0 bridgehead atoms. The zero-order chi connectivity index (χ0) is 12.5. The van der Waals surface area contributed by atoms with Crippen molar-refractivity contribution in [2.45, 2.75) is 52.5 Å². The smallest absolute Gasteiger partial charge is 0.0625 e. The van der Waals surface area contributed by atoms with E-state index in [1.807, 2.05) is 0 Å². The van der Waals surface area contributed by atoms with Gasteiger partial charge >= 0.3 is 0 Å². The van der Waals surface area contributed by atoms with Gasteiger partial charge in [-0.1, -0.05) is 27.7 Å². The van der Waals surface area contributed by atoms with Crippen molar-refractivity contribution < 1.29 is 4.74 Å². The van der Waals surface area contributed by atoms with Crippen LogP contribution in [-0.4, -0.2) is 23.0 Å². The second-order valence-electron chi connectivity index (χ2n) is 6.04. The van der Waals surface area contributed by atoms with Crippen molar-refractivity contribution in [3.8, 4) is 0 Å². The minimum absolute atomic E-state index is 0.167. The molecular formula is C14H24N2O. The summed E-state index contributed by atoms with van der Waals surface area (Å²) in [6, 6.07) is 2.26. The van der Waals surface area contributed by atoms with Gasteiger partial charge in [-0.15, -0.1) is 0 Å². The van der Waals surface area contributed by atoms with E-state index in [0.717, 1.165) is 26.2 Å². The summed E-state index contributed by atoms with van der Waals surface area (Å²) in [7, 11) is 0.